The zero-order chi connectivity index (χ0) is 17.8. The number of methoxy groups -OCH3 is 1. The lowest BCUT2D eigenvalue weighted by Gasteiger charge is -2.22. The van der Waals surface area contributed by atoms with Gasteiger partial charge in [0.15, 0.2) is 0 Å². The first kappa shape index (κ1) is 22.8. The summed E-state index contributed by atoms with van der Waals surface area (Å²) in [6.07, 6.45) is 0. The molecule has 1 rings (SSSR count). The van der Waals surface area contributed by atoms with Gasteiger partial charge in [0.25, 0.3) is 0 Å². The van der Waals surface area contributed by atoms with Gasteiger partial charge in [-0.05, 0) is 38.5 Å². The van der Waals surface area contributed by atoms with E-state index in [-0.39, 0.29) is 30.0 Å². The zero-order valence-corrected chi connectivity index (χ0v) is 16.2. The number of nitrogens with one attached hydrogen (secondary N) is 1. The summed E-state index contributed by atoms with van der Waals surface area (Å²) in [7, 11) is -0.645. The number of nitrogens with zero attached hydrogens (tertiary/aromatic N) is 1. The van der Waals surface area contributed by atoms with Gasteiger partial charge in [-0.1, -0.05) is 6.07 Å². The van der Waals surface area contributed by atoms with E-state index in [1.165, 1.54) is 30.6 Å². The number of carbonyl (C=O) groups excluding carboxylic acids is 1. The van der Waals surface area contributed by atoms with Crippen LogP contribution in [0.4, 0.5) is 5.69 Å². The Morgan fingerprint density at radius 1 is 1.38 bits per heavy atom. The first-order valence-electron chi connectivity index (χ1n) is 7.25. The number of nitrogens with two attached hydrogens (primary N) is 1. The first-order chi connectivity index (χ1) is 10.6. The Bertz CT molecular complexity index is 665. The van der Waals surface area contributed by atoms with E-state index in [0.29, 0.717) is 5.69 Å². The van der Waals surface area contributed by atoms with Crippen LogP contribution in [0.15, 0.2) is 23.1 Å². The molecule has 1 aromatic rings. The van der Waals surface area contributed by atoms with E-state index >= 15 is 0 Å². The number of amides is 1. The number of carbonyl (C=O) groups is 1. The highest BCUT2D eigenvalue weighted by Crippen LogP contribution is 2.23. The second-order valence-electron chi connectivity index (χ2n) is 5.64. The van der Waals surface area contributed by atoms with Crippen LogP contribution >= 0.6 is 12.4 Å². The van der Waals surface area contributed by atoms with Crippen molar-refractivity contribution in [3.63, 3.8) is 0 Å². The molecule has 0 aliphatic heterocycles. The van der Waals surface area contributed by atoms with Crippen molar-refractivity contribution in [2.45, 2.75) is 37.8 Å². The predicted molar refractivity (Wildman–Crippen MR) is 97.0 cm³/mol. The van der Waals surface area contributed by atoms with E-state index in [1.54, 1.807) is 26.8 Å². The third-order valence-corrected chi connectivity index (χ3v) is 5.58. The molecule has 9 heteroatoms. The Labute approximate surface area is 150 Å². The van der Waals surface area contributed by atoms with Crippen LogP contribution < -0.4 is 11.1 Å². The minimum Gasteiger partial charge on any atom is -0.383 e. The second-order valence-corrected chi connectivity index (χ2v) is 7.64. The lowest BCUT2D eigenvalue weighted by Crippen LogP contribution is -2.39. The number of ether oxygens (including phenoxy) is 1. The summed E-state index contributed by atoms with van der Waals surface area (Å²) < 4.78 is 31.2. The van der Waals surface area contributed by atoms with Crippen molar-refractivity contribution in [3.8, 4) is 0 Å². The van der Waals surface area contributed by atoms with Gasteiger partial charge in [-0.2, -0.15) is 4.31 Å². The van der Waals surface area contributed by atoms with Gasteiger partial charge in [0.2, 0.25) is 15.9 Å². The van der Waals surface area contributed by atoms with Gasteiger partial charge in [0, 0.05) is 25.9 Å². The fraction of sp³-hybridized carbons (Fsp3) is 0.533. The minimum atomic E-state index is -3.62. The molecule has 0 aliphatic rings. The largest absolute Gasteiger partial charge is 0.383 e. The SMILES string of the molecule is COCC(N)C(=O)Nc1cc(S(=O)(=O)N(C)C(C)C)ccc1C.Cl. The number of sulfonamides is 1. The lowest BCUT2D eigenvalue weighted by molar-refractivity contribution is -0.118. The van der Waals surface area contributed by atoms with Gasteiger partial charge in [-0.15, -0.1) is 12.4 Å². The van der Waals surface area contributed by atoms with Gasteiger partial charge >= 0.3 is 0 Å². The monoisotopic (exact) mass is 379 g/mol. The molecule has 0 heterocycles. The predicted octanol–water partition coefficient (Wildman–Crippen LogP) is 1.36. The van der Waals surface area contributed by atoms with Crippen molar-refractivity contribution in [2.24, 2.45) is 5.73 Å². The third kappa shape index (κ3) is 5.42. The molecule has 138 valence electrons. The van der Waals surface area contributed by atoms with Gasteiger partial charge in [-0.3, -0.25) is 4.79 Å². The molecule has 0 radical (unpaired) electrons. The molecule has 0 spiro atoms. The summed E-state index contributed by atoms with van der Waals surface area (Å²) in [5, 5.41) is 2.65. The molecular weight excluding hydrogens is 354 g/mol. The molecule has 0 fully saturated rings. The fourth-order valence-corrected chi connectivity index (χ4v) is 3.22. The Morgan fingerprint density at radius 3 is 2.46 bits per heavy atom. The summed E-state index contributed by atoms with van der Waals surface area (Å²) in [5.74, 6) is -0.429. The smallest absolute Gasteiger partial charge is 0.243 e. The van der Waals surface area contributed by atoms with Crippen LogP contribution in [-0.4, -0.2) is 51.5 Å². The van der Waals surface area contributed by atoms with Crippen LogP contribution in [0.1, 0.15) is 19.4 Å². The van der Waals surface area contributed by atoms with Crippen molar-refractivity contribution >= 4 is 34.0 Å². The van der Waals surface area contributed by atoms with E-state index in [4.69, 9.17) is 10.5 Å². The Hall–Kier alpha value is -1.19. The summed E-state index contributed by atoms with van der Waals surface area (Å²) in [5.41, 5.74) is 6.83. The zero-order valence-electron chi connectivity index (χ0n) is 14.6. The van der Waals surface area contributed by atoms with Gasteiger partial charge in [0.1, 0.15) is 6.04 Å². The van der Waals surface area contributed by atoms with E-state index in [0.717, 1.165) is 5.56 Å². The van der Waals surface area contributed by atoms with E-state index in [1.807, 2.05) is 0 Å². The average Bonchev–Trinajstić information content (AvgIpc) is 2.48. The van der Waals surface area contributed by atoms with Gasteiger partial charge < -0.3 is 15.8 Å². The molecule has 1 aromatic carbocycles. The van der Waals surface area contributed by atoms with E-state index < -0.39 is 22.0 Å². The highest BCUT2D eigenvalue weighted by Gasteiger charge is 2.24. The number of hydrogen-bond donors (Lipinski definition) is 2. The van der Waals surface area contributed by atoms with Crippen molar-refractivity contribution in [1.29, 1.82) is 0 Å². The Morgan fingerprint density at radius 2 is 1.96 bits per heavy atom. The van der Waals surface area contributed by atoms with Crippen molar-refractivity contribution < 1.29 is 17.9 Å². The van der Waals surface area contributed by atoms with Crippen LogP contribution in [-0.2, 0) is 19.6 Å². The number of hydrogen-bond acceptors (Lipinski definition) is 5. The quantitative estimate of drug-likeness (QED) is 0.744. The molecule has 3 N–H and O–H groups in total. The van der Waals surface area contributed by atoms with E-state index in [2.05, 4.69) is 5.32 Å². The topological polar surface area (TPSA) is 102 Å². The normalized spacial score (nSPS) is 12.8. The Balaban J connectivity index is 0.00000529. The summed E-state index contributed by atoms with van der Waals surface area (Å²) in [6.45, 7) is 5.44. The minimum absolute atomic E-state index is 0. The van der Waals surface area contributed by atoms with Crippen LogP contribution in [0.5, 0.6) is 0 Å². The fourth-order valence-electron chi connectivity index (χ4n) is 1.82. The molecule has 0 saturated heterocycles. The molecule has 1 amide bonds. The van der Waals surface area contributed by atoms with Crippen molar-refractivity contribution in [2.75, 3.05) is 26.1 Å². The van der Waals surface area contributed by atoms with Crippen LogP contribution in [0.2, 0.25) is 0 Å². The van der Waals surface area contributed by atoms with Crippen LogP contribution in [0.3, 0.4) is 0 Å². The number of rotatable bonds is 7. The number of anilines is 1. The van der Waals surface area contributed by atoms with Crippen LogP contribution in [0, 0.1) is 6.92 Å². The molecule has 1 unspecified atom stereocenters. The first-order valence-corrected chi connectivity index (χ1v) is 8.69. The average molecular weight is 380 g/mol. The molecule has 0 aromatic heterocycles. The van der Waals surface area contributed by atoms with Crippen LogP contribution in [0.25, 0.3) is 0 Å². The highest BCUT2D eigenvalue weighted by molar-refractivity contribution is 7.89. The summed E-state index contributed by atoms with van der Waals surface area (Å²) in [6, 6.07) is 3.63. The molecule has 24 heavy (non-hydrogen) atoms. The standard InChI is InChI=1S/C15H25N3O4S.ClH/c1-10(2)18(4)23(20,21)12-7-6-11(3)14(8-12)17-15(19)13(16)9-22-5;/h6-8,10,13H,9,16H2,1-5H3,(H,17,19);1H. The number of benzene rings is 1. The molecule has 7 nitrogen and oxygen atoms in total. The second kappa shape index (κ2) is 9.33. The molecule has 0 aliphatic carbocycles. The molecule has 0 bridgehead atoms. The highest BCUT2D eigenvalue weighted by atomic mass is 35.5. The summed E-state index contributed by atoms with van der Waals surface area (Å²) in [4.78, 5) is 12.1. The number of aryl methyl sites for hydroxylation is 1. The molecule has 1 atom stereocenters. The third-order valence-electron chi connectivity index (χ3n) is 3.55. The maximum atomic E-state index is 12.5. The maximum absolute atomic E-state index is 12.5. The molecular formula is C15H26ClN3O4S. The van der Waals surface area contributed by atoms with Crippen molar-refractivity contribution in [3.05, 3.63) is 23.8 Å². The lowest BCUT2D eigenvalue weighted by atomic mass is 10.2. The maximum Gasteiger partial charge on any atom is 0.243 e. The number of halogens is 1. The summed E-state index contributed by atoms with van der Waals surface area (Å²) >= 11 is 0. The van der Waals surface area contributed by atoms with Crippen molar-refractivity contribution in [1.82, 2.24) is 4.31 Å². The Kier molecular flexibility index (Phi) is 8.87. The van der Waals surface area contributed by atoms with Gasteiger partial charge in [-0.25, -0.2) is 8.42 Å². The van der Waals surface area contributed by atoms with Gasteiger partial charge in [0.05, 0.1) is 11.5 Å². The molecule has 0 saturated carbocycles. The van der Waals surface area contributed by atoms with E-state index in [9.17, 15) is 13.2 Å².